The number of likely N-dealkylation sites (tertiary alicyclic amines) is 1. The third-order valence-corrected chi connectivity index (χ3v) is 6.36. The number of anilines is 1. The lowest BCUT2D eigenvalue weighted by atomic mass is 10.1. The topological polar surface area (TPSA) is 71.3 Å². The maximum absolute atomic E-state index is 12.8. The first kappa shape index (κ1) is 17.5. The van der Waals surface area contributed by atoms with Crippen LogP contribution in [0.5, 0.6) is 0 Å². The second kappa shape index (κ2) is 7.73. The average molecular weight is 375 g/mol. The Morgan fingerprint density at radius 3 is 2.38 bits per heavy atom. The molecule has 2 aliphatic heterocycles. The minimum absolute atomic E-state index is 0.0101. The molecule has 2 saturated heterocycles. The third kappa shape index (κ3) is 3.60. The molecule has 26 heavy (non-hydrogen) atoms. The Morgan fingerprint density at radius 2 is 1.65 bits per heavy atom. The van der Waals surface area contributed by atoms with Gasteiger partial charge in [0.05, 0.1) is 0 Å². The van der Waals surface area contributed by atoms with Crippen LogP contribution in [0.3, 0.4) is 0 Å². The maximum atomic E-state index is 12.8. The lowest BCUT2D eigenvalue weighted by molar-refractivity contribution is -0.131. The maximum Gasteiger partial charge on any atom is 0.273 e. The van der Waals surface area contributed by atoms with Crippen LogP contribution in [-0.4, -0.2) is 51.5 Å². The van der Waals surface area contributed by atoms with Crippen LogP contribution < -0.4 is 10.5 Å². The highest BCUT2D eigenvalue weighted by molar-refractivity contribution is 7.22. The number of aromatic nitrogens is 3. The van der Waals surface area contributed by atoms with E-state index in [0.29, 0.717) is 10.3 Å². The van der Waals surface area contributed by atoms with Crippen molar-refractivity contribution in [2.45, 2.75) is 51.5 Å². The average Bonchev–Trinajstić information content (AvgIpc) is 2.92. The second-order valence-electron chi connectivity index (χ2n) is 7.17. The van der Waals surface area contributed by atoms with Gasteiger partial charge in [-0.1, -0.05) is 24.2 Å². The number of amides is 1. The first-order chi connectivity index (χ1) is 12.7. The fraction of sp³-hybridized carbons (Fsp3) is 0.667. The SMILES string of the molecule is O=C(Cn1cnc2nc(N3CCCCC3)sc2c1=O)N1CCCCCC1. The highest BCUT2D eigenvalue weighted by Gasteiger charge is 2.20. The zero-order valence-electron chi connectivity index (χ0n) is 15.0. The van der Waals surface area contributed by atoms with Crippen LogP contribution in [0.4, 0.5) is 5.13 Å². The minimum atomic E-state index is -0.154. The summed E-state index contributed by atoms with van der Waals surface area (Å²) in [6.07, 6.45) is 9.51. The van der Waals surface area contributed by atoms with Crippen LogP contribution in [0.2, 0.25) is 0 Å². The quantitative estimate of drug-likeness (QED) is 0.823. The molecule has 0 N–H and O–H groups in total. The molecule has 2 aromatic heterocycles. The Bertz CT molecular complexity index is 832. The van der Waals surface area contributed by atoms with Crippen molar-refractivity contribution >= 4 is 32.7 Å². The lowest BCUT2D eigenvalue weighted by Gasteiger charge is -2.25. The van der Waals surface area contributed by atoms with Gasteiger partial charge in [0.2, 0.25) is 5.91 Å². The van der Waals surface area contributed by atoms with E-state index in [9.17, 15) is 9.59 Å². The van der Waals surface area contributed by atoms with Gasteiger partial charge in [-0.15, -0.1) is 0 Å². The van der Waals surface area contributed by atoms with Crippen LogP contribution in [0.1, 0.15) is 44.9 Å². The molecular formula is C18H25N5O2S. The Balaban J connectivity index is 1.55. The normalized spacial score (nSPS) is 18.9. The first-order valence-electron chi connectivity index (χ1n) is 9.61. The van der Waals surface area contributed by atoms with Crippen molar-refractivity contribution < 1.29 is 4.79 Å². The Morgan fingerprint density at radius 1 is 1.00 bits per heavy atom. The third-order valence-electron chi connectivity index (χ3n) is 5.26. The number of hydrogen-bond acceptors (Lipinski definition) is 6. The largest absolute Gasteiger partial charge is 0.348 e. The molecule has 0 bridgehead atoms. The van der Waals surface area contributed by atoms with Gasteiger partial charge < -0.3 is 9.80 Å². The van der Waals surface area contributed by atoms with E-state index in [1.165, 1.54) is 41.5 Å². The summed E-state index contributed by atoms with van der Waals surface area (Å²) in [6, 6.07) is 0. The molecule has 0 aromatic carbocycles. The smallest absolute Gasteiger partial charge is 0.273 e. The summed E-state index contributed by atoms with van der Waals surface area (Å²) in [5, 5.41) is 0.876. The minimum Gasteiger partial charge on any atom is -0.348 e. The standard InChI is InChI=1S/C18H25N5O2S/c24-14(21-8-4-1-2-5-9-21)12-23-13-19-16-15(17(23)25)26-18(20-16)22-10-6-3-7-11-22/h13H,1-12H2. The molecule has 2 fully saturated rings. The number of carbonyl (C=O) groups excluding carboxylic acids is 1. The number of thiazole rings is 1. The fourth-order valence-corrected chi connectivity index (χ4v) is 4.75. The van der Waals surface area contributed by atoms with Crippen LogP contribution >= 0.6 is 11.3 Å². The molecule has 1 amide bonds. The molecule has 7 nitrogen and oxygen atoms in total. The number of carbonyl (C=O) groups is 1. The second-order valence-corrected chi connectivity index (χ2v) is 8.15. The number of nitrogens with zero attached hydrogens (tertiary/aromatic N) is 5. The van der Waals surface area contributed by atoms with Gasteiger partial charge in [0.25, 0.3) is 5.56 Å². The number of rotatable bonds is 3. The van der Waals surface area contributed by atoms with Crippen LogP contribution in [0, 0.1) is 0 Å². The van der Waals surface area contributed by atoms with Crippen molar-refractivity contribution in [1.29, 1.82) is 0 Å². The number of hydrogen-bond donors (Lipinski definition) is 0. The van der Waals surface area contributed by atoms with Crippen molar-refractivity contribution in [3.8, 4) is 0 Å². The summed E-state index contributed by atoms with van der Waals surface area (Å²) < 4.78 is 1.99. The summed E-state index contributed by atoms with van der Waals surface area (Å²) in [7, 11) is 0. The molecule has 2 aliphatic rings. The molecule has 4 heterocycles. The number of piperidine rings is 1. The monoisotopic (exact) mass is 375 g/mol. The highest BCUT2D eigenvalue weighted by atomic mass is 32.1. The van der Waals surface area contributed by atoms with E-state index >= 15 is 0 Å². The van der Waals surface area contributed by atoms with Gasteiger partial charge in [-0.05, 0) is 32.1 Å². The molecule has 0 aliphatic carbocycles. The van der Waals surface area contributed by atoms with E-state index in [4.69, 9.17) is 0 Å². The Labute approximate surface area is 156 Å². The van der Waals surface area contributed by atoms with E-state index in [2.05, 4.69) is 14.9 Å². The van der Waals surface area contributed by atoms with Crippen molar-refractivity contribution in [1.82, 2.24) is 19.4 Å². The van der Waals surface area contributed by atoms with Gasteiger partial charge in [-0.2, -0.15) is 4.98 Å². The van der Waals surface area contributed by atoms with E-state index in [1.807, 2.05) is 4.90 Å². The zero-order chi connectivity index (χ0) is 17.9. The van der Waals surface area contributed by atoms with Crippen molar-refractivity contribution in [2.24, 2.45) is 0 Å². The van der Waals surface area contributed by atoms with Crippen molar-refractivity contribution in [2.75, 3.05) is 31.1 Å². The molecule has 0 saturated carbocycles. The summed E-state index contributed by atoms with van der Waals surface area (Å²) in [6.45, 7) is 3.63. The van der Waals surface area contributed by atoms with Gasteiger partial charge in [0, 0.05) is 26.2 Å². The van der Waals surface area contributed by atoms with Gasteiger partial charge >= 0.3 is 0 Å². The van der Waals surface area contributed by atoms with Gasteiger partial charge in [-0.3, -0.25) is 14.2 Å². The Hall–Kier alpha value is -1.96. The predicted octanol–water partition coefficient (Wildman–Crippen LogP) is 2.25. The Kier molecular flexibility index (Phi) is 5.19. The molecule has 8 heteroatoms. The molecule has 140 valence electrons. The molecule has 4 rings (SSSR count). The molecule has 0 radical (unpaired) electrons. The molecule has 0 unspecified atom stereocenters. The van der Waals surface area contributed by atoms with E-state index < -0.39 is 0 Å². The zero-order valence-corrected chi connectivity index (χ0v) is 15.8. The van der Waals surface area contributed by atoms with Gasteiger partial charge in [0.15, 0.2) is 10.8 Å². The van der Waals surface area contributed by atoms with Crippen LogP contribution in [-0.2, 0) is 11.3 Å². The molecule has 0 atom stereocenters. The van der Waals surface area contributed by atoms with Crippen molar-refractivity contribution in [3.63, 3.8) is 0 Å². The summed E-state index contributed by atoms with van der Waals surface area (Å²) in [4.78, 5) is 38.4. The summed E-state index contributed by atoms with van der Waals surface area (Å²) in [5.74, 6) is 0.0101. The molecule has 2 aromatic rings. The van der Waals surface area contributed by atoms with Gasteiger partial charge in [-0.25, -0.2) is 4.98 Å². The van der Waals surface area contributed by atoms with Gasteiger partial charge in [0.1, 0.15) is 17.6 Å². The van der Waals surface area contributed by atoms with Crippen molar-refractivity contribution in [3.05, 3.63) is 16.7 Å². The lowest BCUT2D eigenvalue weighted by Crippen LogP contribution is -2.37. The van der Waals surface area contributed by atoms with E-state index in [-0.39, 0.29) is 18.0 Å². The van der Waals surface area contributed by atoms with Crippen LogP contribution in [0.25, 0.3) is 10.3 Å². The summed E-state index contributed by atoms with van der Waals surface area (Å²) in [5.41, 5.74) is 0.345. The van der Waals surface area contributed by atoms with Crippen LogP contribution in [0.15, 0.2) is 11.1 Å². The van der Waals surface area contributed by atoms with E-state index in [0.717, 1.165) is 57.0 Å². The summed E-state index contributed by atoms with van der Waals surface area (Å²) >= 11 is 1.40. The molecule has 0 spiro atoms. The first-order valence-corrected chi connectivity index (χ1v) is 10.4. The molecular weight excluding hydrogens is 350 g/mol. The fourth-order valence-electron chi connectivity index (χ4n) is 3.73. The predicted molar refractivity (Wildman–Crippen MR) is 103 cm³/mol. The highest BCUT2D eigenvalue weighted by Crippen LogP contribution is 2.27. The number of fused-ring (bicyclic) bond motifs is 1. The van der Waals surface area contributed by atoms with E-state index in [1.54, 1.807) is 0 Å².